The number of nitrogens with zero attached hydrogens (tertiary/aromatic N) is 1. The topological polar surface area (TPSA) is 15.3 Å². The van der Waals surface area contributed by atoms with Gasteiger partial charge in [-0.2, -0.15) is 0 Å². The molecule has 0 amide bonds. The quantitative estimate of drug-likeness (QED) is 0.854. The summed E-state index contributed by atoms with van der Waals surface area (Å²) in [7, 11) is 0. The molecule has 3 heteroatoms. The Bertz CT molecular complexity index is 428. The Morgan fingerprint density at radius 2 is 2.00 bits per heavy atom. The zero-order chi connectivity index (χ0) is 13.9. The number of hydrogen-bond acceptors (Lipinski definition) is 3. The molecule has 20 heavy (non-hydrogen) atoms. The monoisotopic (exact) mass is 292 g/mol. The minimum atomic E-state index is 0.814. The summed E-state index contributed by atoms with van der Waals surface area (Å²) in [6.45, 7) is 9.46. The molecule has 1 N–H and O–H groups in total. The van der Waals surface area contributed by atoms with Crippen LogP contribution in [0, 0.1) is 12.8 Å². The number of aryl methyl sites for hydroxylation is 1. The predicted octanol–water partition coefficient (Wildman–Crippen LogP) is 3.93. The summed E-state index contributed by atoms with van der Waals surface area (Å²) in [5, 5.41) is 3.63. The summed E-state index contributed by atoms with van der Waals surface area (Å²) < 4.78 is 0. The van der Waals surface area contributed by atoms with E-state index in [1.54, 1.807) is 5.56 Å². The summed E-state index contributed by atoms with van der Waals surface area (Å²) >= 11 is 1.99. The van der Waals surface area contributed by atoms with E-state index in [4.69, 9.17) is 0 Å². The molecule has 0 spiro atoms. The maximum Gasteiger partial charge on any atom is 0.0302 e. The Hall–Kier alpha value is -0.380. The molecule has 1 aromatic heterocycles. The van der Waals surface area contributed by atoms with E-state index >= 15 is 0 Å². The molecule has 3 rings (SSSR count). The van der Waals surface area contributed by atoms with Crippen LogP contribution in [0.15, 0.2) is 6.07 Å². The molecule has 2 heterocycles. The first-order valence-electron chi connectivity index (χ1n) is 8.28. The lowest BCUT2D eigenvalue weighted by atomic mass is 9.94. The Morgan fingerprint density at radius 3 is 2.65 bits per heavy atom. The van der Waals surface area contributed by atoms with Gasteiger partial charge in [0, 0.05) is 28.9 Å². The van der Waals surface area contributed by atoms with Crippen molar-refractivity contribution in [3.63, 3.8) is 0 Å². The second-order valence-electron chi connectivity index (χ2n) is 6.58. The van der Waals surface area contributed by atoms with Gasteiger partial charge in [-0.15, -0.1) is 11.3 Å². The summed E-state index contributed by atoms with van der Waals surface area (Å²) in [6, 6.07) is 3.26. The van der Waals surface area contributed by atoms with Gasteiger partial charge in [-0.25, -0.2) is 0 Å². The number of nitrogens with one attached hydrogen (secondary N) is 1. The van der Waals surface area contributed by atoms with E-state index in [-0.39, 0.29) is 0 Å². The van der Waals surface area contributed by atoms with E-state index < -0.39 is 0 Å². The van der Waals surface area contributed by atoms with Gasteiger partial charge in [0.05, 0.1) is 0 Å². The molecule has 0 aromatic carbocycles. The maximum atomic E-state index is 3.63. The van der Waals surface area contributed by atoms with E-state index in [0.29, 0.717) is 0 Å². The van der Waals surface area contributed by atoms with Crippen LogP contribution in [0.4, 0.5) is 0 Å². The highest BCUT2D eigenvalue weighted by Gasteiger charge is 2.21. The third-order valence-corrected chi connectivity index (χ3v) is 5.99. The van der Waals surface area contributed by atoms with Crippen LogP contribution in [0.25, 0.3) is 0 Å². The first-order chi connectivity index (χ1) is 9.74. The summed E-state index contributed by atoms with van der Waals surface area (Å²) in [6.07, 6.45) is 6.92. The van der Waals surface area contributed by atoms with Crippen molar-refractivity contribution < 1.29 is 0 Å². The van der Waals surface area contributed by atoms with Gasteiger partial charge < -0.3 is 5.32 Å². The molecule has 0 atom stereocenters. The fourth-order valence-corrected chi connectivity index (χ4v) is 4.16. The van der Waals surface area contributed by atoms with Gasteiger partial charge in [0.2, 0.25) is 0 Å². The van der Waals surface area contributed by atoms with Gasteiger partial charge in [-0.3, -0.25) is 4.90 Å². The molecular formula is C17H28N2S. The van der Waals surface area contributed by atoms with Crippen LogP contribution in [0.3, 0.4) is 0 Å². The summed E-state index contributed by atoms with van der Waals surface area (Å²) in [5.74, 6) is 0.980. The SMILES string of the molecule is CCC1CCN(Cc2cc(CNC3CC3)sc2C)CC1. The highest BCUT2D eigenvalue weighted by atomic mass is 32.1. The van der Waals surface area contributed by atoms with Crippen LogP contribution >= 0.6 is 11.3 Å². The average molecular weight is 292 g/mol. The zero-order valence-corrected chi connectivity index (χ0v) is 13.8. The van der Waals surface area contributed by atoms with E-state index in [9.17, 15) is 0 Å². The molecular weight excluding hydrogens is 264 g/mol. The van der Waals surface area contributed by atoms with Crippen LogP contribution in [0.1, 0.15) is 54.3 Å². The van der Waals surface area contributed by atoms with Crippen LogP contribution in [-0.4, -0.2) is 24.0 Å². The number of thiophene rings is 1. The normalized spacial score (nSPS) is 21.5. The fraction of sp³-hybridized carbons (Fsp3) is 0.765. The van der Waals surface area contributed by atoms with Gasteiger partial charge in [0.25, 0.3) is 0 Å². The van der Waals surface area contributed by atoms with Crippen molar-refractivity contribution in [1.29, 1.82) is 0 Å². The van der Waals surface area contributed by atoms with Gasteiger partial charge in [-0.1, -0.05) is 13.3 Å². The van der Waals surface area contributed by atoms with Crippen molar-refractivity contribution in [3.05, 3.63) is 21.4 Å². The van der Waals surface area contributed by atoms with E-state index in [2.05, 4.69) is 30.1 Å². The number of likely N-dealkylation sites (tertiary alicyclic amines) is 1. The number of hydrogen-bond donors (Lipinski definition) is 1. The van der Waals surface area contributed by atoms with Gasteiger partial charge in [0.1, 0.15) is 0 Å². The van der Waals surface area contributed by atoms with Crippen molar-refractivity contribution in [2.75, 3.05) is 13.1 Å². The summed E-state index contributed by atoms with van der Waals surface area (Å²) in [4.78, 5) is 5.70. The largest absolute Gasteiger partial charge is 0.309 e. The van der Waals surface area contributed by atoms with Gasteiger partial charge >= 0.3 is 0 Å². The molecule has 2 fully saturated rings. The van der Waals surface area contributed by atoms with Crippen molar-refractivity contribution >= 4 is 11.3 Å². The molecule has 1 aliphatic heterocycles. The second-order valence-corrected chi connectivity index (χ2v) is 7.92. The van der Waals surface area contributed by atoms with Crippen molar-refractivity contribution in [1.82, 2.24) is 10.2 Å². The van der Waals surface area contributed by atoms with Crippen molar-refractivity contribution in [2.24, 2.45) is 5.92 Å². The fourth-order valence-electron chi connectivity index (χ4n) is 3.16. The standard InChI is InChI=1S/C17H28N2S/c1-3-14-6-8-19(9-7-14)12-15-10-17(20-13(15)2)11-18-16-4-5-16/h10,14,16,18H,3-9,11-12H2,1-2H3. The molecule has 2 aliphatic rings. The first-order valence-corrected chi connectivity index (χ1v) is 9.10. The highest BCUT2D eigenvalue weighted by Crippen LogP contribution is 2.27. The Balaban J connectivity index is 1.51. The smallest absolute Gasteiger partial charge is 0.0302 e. The van der Waals surface area contributed by atoms with Crippen molar-refractivity contribution in [2.45, 2.75) is 65.1 Å². The Morgan fingerprint density at radius 1 is 1.25 bits per heavy atom. The molecule has 2 nitrogen and oxygen atoms in total. The van der Waals surface area contributed by atoms with Gasteiger partial charge in [0.15, 0.2) is 0 Å². The number of rotatable bonds is 6. The third-order valence-electron chi connectivity index (χ3n) is 4.89. The highest BCUT2D eigenvalue weighted by molar-refractivity contribution is 7.12. The lowest BCUT2D eigenvalue weighted by Crippen LogP contribution is -2.33. The molecule has 1 aliphatic carbocycles. The molecule has 112 valence electrons. The lowest BCUT2D eigenvalue weighted by molar-refractivity contribution is 0.175. The second kappa shape index (κ2) is 6.59. The minimum Gasteiger partial charge on any atom is -0.309 e. The lowest BCUT2D eigenvalue weighted by Gasteiger charge is -2.31. The molecule has 0 unspecified atom stereocenters. The minimum absolute atomic E-state index is 0.814. The molecule has 1 saturated heterocycles. The molecule has 0 radical (unpaired) electrons. The van der Waals surface area contributed by atoms with Crippen LogP contribution in [-0.2, 0) is 13.1 Å². The van der Waals surface area contributed by atoms with Crippen LogP contribution < -0.4 is 5.32 Å². The van der Waals surface area contributed by atoms with E-state index in [1.165, 1.54) is 61.5 Å². The van der Waals surface area contributed by atoms with Crippen LogP contribution in [0.2, 0.25) is 0 Å². The molecule has 1 saturated carbocycles. The van der Waals surface area contributed by atoms with Crippen molar-refractivity contribution in [3.8, 4) is 0 Å². The average Bonchev–Trinajstić information content (AvgIpc) is 3.23. The maximum absolute atomic E-state index is 3.63. The Labute approximate surface area is 127 Å². The van der Waals surface area contributed by atoms with Gasteiger partial charge in [-0.05, 0) is 63.2 Å². The first kappa shape index (κ1) is 14.6. The van der Waals surface area contributed by atoms with Crippen LogP contribution in [0.5, 0.6) is 0 Å². The van der Waals surface area contributed by atoms with E-state index in [1.807, 2.05) is 11.3 Å². The zero-order valence-electron chi connectivity index (χ0n) is 13.0. The molecule has 1 aromatic rings. The Kier molecular flexibility index (Phi) is 4.79. The third kappa shape index (κ3) is 3.84. The molecule has 0 bridgehead atoms. The number of piperidine rings is 1. The summed E-state index contributed by atoms with van der Waals surface area (Å²) in [5.41, 5.74) is 1.57. The predicted molar refractivity (Wildman–Crippen MR) is 87.2 cm³/mol. The van der Waals surface area contributed by atoms with E-state index in [0.717, 1.165) is 18.5 Å².